The summed E-state index contributed by atoms with van der Waals surface area (Å²) in [5.74, 6) is -1.50. The molecular formula is C18H18O4S. The second-order valence-electron chi connectivity index (χ2n) is 4.97. The fourth-order valence-electron chi connectivity index (χ4n) is 2.45. The summed E-state index contributed by atoms with van der Waals surface area (Å²) in [7, 11) is -2.74. The minimum absolute atomic E-state index is 0.0816. The molecule has 0 aliphatic rings. The number of hydrogen-bond donors (Lipinski definition) is 0. The van der Waals surface area contributed by atoms with Gasteiger partial charge in [-0.3, -0.25) is 4.79 Å². The first-order valence-corrected chi connectivity index (χ1v) is 8.61. The van der Waals surface area contributed by atoms with Gasteiger partial charge in [-0.2, -0.15) is 0 Å². The normalized spacial score (nSPS) is 13.8. The molecule has 0 N–H and O–H groups in total. The summed E-state index contributed by atoms with van der Waals surface area (Å²) in [6.45, 7) is 3.71. The largest absolute Gasteiger partial charge is 0.468 e. The zero-order chi connectivity index (χ0) is 16.9. The number of sulfone groups is 1. The molecular weight excluding hydrogens is 312 g/mol. The molecule has 0 aliphatic carbocycles. The zero-order valence-electron chi connectivity index (χ0n) is 12.8. The van der Waals surface area contributed by atoms with E-state index < -0.39 is 27.0 Å². The van der Waals surface area contributed by atoms with Gasteiger partial charge >= 0.3 is 5.97 Å². The number of carbonyl (C=O) groups excluding carboxylic acids is 1. The Bertz CT molecular complexity index is 767. The van der Waals surface area contributed by atoms with Crippen LogP contribution in [0.15, 0.2) is 78.2 Å². The van der Waals surface area contributed by atoms with E-state index in [1.165, 1.54) is 25.3 Å². The Morgan fingerprint density at radius 1 is 1.04 bits per heavy atom. The molecule has 0 radical (unpaired) electrons. The summed E-state index contributed by atoms with van der Waals surface area (Å²) < 4.78 is 30.7. The van der Waals surface area contributed by atoms with Gasteiger partial charge in [-0.05, 0) is 17.7 Å². The van der Waals surface area contributed by atoms with Crippen molar-refractivity contribution in [3.8, 4) is 0 Å². The van der Waals surface area contributed by atoms with Gasteiger partial charge in [-0.15, -0.1) is 6.58 Å². The van der Waals surface area contributed by atoms with E-state index in [9.17, 15) is 13.2 Å². The molecule has 0 saturated carbocycles. The maximum atomic E-state index is 13.0. The summed E-state index contributed by atoms with van der Waals surface area (Å²) >= 11 is 0. The molecule has 0 spiro atoms. The Labute approximate surface area is 136 Å². The van der Waals surface area contributed by atoms with Gasteiger partial charge in [-0.25, -0.2) is 8.42 Å². The van der Waals surface area contributed by atoms with E-state index >= 15 is 0 Å². The highest BCUT2D eigenvalue weighted by atomic mass is 32.2. The van der Waals surface area contributed by atoms with Gasteiger partial charge < -0.3 is 4.74 Å². The quantitative estimate of drug-likeness (QED) is 0.603. The number of allylic oxidation sites excluding steroid dienone is 1. The van der Waals surface area contributed by atoms with E-state index in [0.717, 1.165) is 0 Å². The van der Waals surface area contributed by atoms with E-state index in [0.29, 0.717) is 5.56 Å². The second-order valence-corrected chi connectivity index (χ2v) is 7.04. The number of esters is 1. The number of rotatable bonds is 6. The Kier molecular flexibility index (Phi) is 5.34. The standard InChI is InChI=1S/C18H18O4S/c1-3-16(14-10-6-4-7-11-14)17(18(19)22-2)23(20,21)15-12-8-5-9-13-15/h3-13,16-17H,1H2,2H3. The molecule has 2 aromatic rings. The Balaban J connectivity index is 2.57. The first-order valence-electron chi connectivity index (χ1n) is 7.06. The van der Waals surface area contributed by atoms with Crippen LogP contribution in [0.2, 0.25) is 0 Å². The van der Waals surface area contributed by atoms with E-state index in [4.69, 9.17) is 4.74 Å². The maximum Gasteiger partial charge on any atom is 0.325 e. The lowest BCUT2D eigenvalue weighted by Crippen LogP contribution is -2.36. The van der Waals surface area contributed by atoms with Gasteiger partial charge in [0.25, 0.3) is 0 Å². The van der Waals surface area contributed by atoms with Crippen molar-refractivity contribution in [3.63, 3.8) is 0 Å². The lowest BCUT2D eigenvalue weighted by molar-refractivity contribution is -0.140. The molecule has 0 aliphatic heterocycles. The molecule has 0 bridgehead atoms. The summed E-state index contributed by atoms with van der Waals surface area (Å²) in [5.41, 5.74) is 0.692. The number of carbonyl (C=O) groups is 1. The van der Waals surface area contributed by atoms with Crippen molar-refractivity contribution in [2.75, 3.05) is 7.11 Å². The first-order chi connectivity index (χ1) is 11.0. The Hall–Kier alpha value is -2.40. The van der Waals surface area contributed by atoms with E-state index in [-0.39, 0.29) is 4.90 Å². The van der Waals surface area contributed by atoms with Crippen molar-refractivity contribution in [2.24, 2.45) is 0 Å². The van der Waals surface area contributed by atoms with Gasteiger partial charge in [-0.1, -0.05) is 54.6 Å². The van der Waals surface area contributed by atoms with Crippen molar-refractivity contribution < 1.29 is 17.9 Å². The predicted molar refractivity (Wildman–Crippen MR) is 88.8 cm³/mol. The maximum absolute atomic E-state index is 13.0. The molecule has 23 heavy (non-hydrogen) atoms. The monoisotopic (exact) mass is 330 g/mol. The van der Waals surface area contributed by atoms with E-state index in [2.05, 4.69) is 6.58 Å². The van der Waals surface area contributed by atoms with Gasteiger partial charge in [0, 0.05) is 5.92 Å². The highest BCUT2D eigenvalue weighted by Crippen LogP contribution is 2.30. The van der Waals surface area contributed by atoms with Crippen LogP contribution in [0.3, 0.4) is 0 Å². The fourth-order valence-corrected chi connectivity index (χ4v) is 4.28. The lowest BCUT2D eigenvalue weighted by atomic mass is 9.95. The summed E-state index contributed by atoms with van der Waals surface area (Å²) in [5, 5.41) is -1.38. The Morgan fingerprint density at radius 2 is 1.57 bits per heavy atom. The highest BCUT2D eigenvalue weighted by molar-refractivity contribution is 7.92. The minimum atomic E-state index is -3.92. The third kappa shape index (κ3) is 3.51. The molecule has 4 nitrogen and oxygen atoms in total. The molecule has 5 heteroatoms. The number of hydrogen-bond acceptors (Lipinski definition) is 4. The average molecular weight is 330 g/mol. The van der Waals surface area contributed by atoms with E-state index in [1.807, 2.05) is 6.07 Å². The fraction of sp³-hybridized carbons (Fsp3) is 0.167. The zero-order valence-corrected chi connectivity index (χ0v) is 13.6. The van der Waals surface area contributed by atoms with Crippen LogP contribution in [0.1, 0.15) is 11.5 Å². The minimum Gasteiger partial charge on any atom is -0.468 e. The van der Waals surface area contributed by atoms with E-state index in [1.54, 1.807) is 42.5 Å². The predicted octanol–water partition coefficient (Wildman–Crippen LogP) is 2.97. The van der Waals surface area contributed by atoms with Crippen molar-refractivity contribution in [1.82, 2.24) is 0 Å². The van der Waals surface area contributed by atoms with Crippen molar-refractivity contribution >= 4 is 15.8 Å². The van der Waals surface area contributed by atoms with Crippen LogP contribution in [0.25, 0.3) is 0 Å². The molecule has 2 unspecified atom stereocenters. The SMILES string of the molecule is C=CC(c1ccccc1)C(C(=O)OC)S(=O)(=O)c1ccccc1. The van der Waals surface area contributed by atoms with Crippen LogP contribution in [0, 0.1) is 0 Å². The van der Waals surface area contributed by atoms with Crippen molar-refractivity contribution in [1.29, 1.82) is 0 Å². The number of methoxy groups -OCH3 is 1. The van der Waals surface area contributed by atoms with Gasteiger partial charge in [0.15, 0.2) is 15.1 Å². The summed E-state index contributed by atoms with van der Waals surface area (Å²) in [6, 6.07) is 16.8. The van der Waals surface area contributed by atoms with Crippen molar-refractivity contribution in [3.05, 3.63) is 78.9 Å². The Morgan fingerprint density at radius 3 is 2.04 bits per heavy atom. The molecule has 0 saturated heterocycles. The second kappa shape index (κ2) is 7.24. The molecule has 120 valence electrons. The van der Waals surface area contributed by atoms with Gasteiger partial charge in [0.1, 0.15) is 0 Å². The summed E-state index contributed by atoms with van der Waals surface area (Å²) in [4.78, 5) is 12.3. The number of benzene rings is 2. The third-order valence-electron chi connectivity index (χ3n) is 3.60. The lowest BCUT2D eigenvalue weighted by Gasteiger charge is -2.23. The molecule has 2 rings (SSSR count). The van der Waals surface area contributed by atoms with Crippen LogP contribution in [0.4, 0.5) is 0 Å². The van der Waals surface area contributed by atoms with Crippen molar-refractivity contribution in [2.45, 2.75) is 16.1 Å². The molecule has 0 fully saturated rings. The molecule has 2 atom stereocenters. The van der Waals surface area contributed by atoms with Crippen LogP contribution in [0.5, 0.6) is 0 Å². The summed E-state index contributed by atoms with van der Waals surface area (Å²) in [6.07, 6.45) is 1.47. The van der Waals surface area contributed by atoms with Crippen LogP contribution < -0.4 is 0 Å². The van der Waals surface area contributed by atoms with Gasteiger partial charge in [0.2, 0.25) is 0 Å². The molecule has 0 heterocycles. The topological polar surface area (TPSA) is 60.4 Å². The molecule has 0 aromatic heterocycles. The van der Waals surface area contributed by atoms with Crippen LogP contribution >= 0.6 is 0 Å². The van der Waals surface area contributed by atoms with Crippen LogP contribution in [-0.2, 0) is 19.4 Å². The first kappa shape index (κ1) is 17.0. The third-order valence-corrected chi connectivity index (χ3v) is 5.69. The molecule has 2 aromatic carbocycles. The smallest absolute Gasteiger partial charge is 0.325 e. The van der Waals surface area contributed by atoms with Gasteiger partial charge in [0.05, 0.1) is 12.0 Å². The molecule has 0 amide bonds. The highest BCUT2D eigenvalue weighted by Gasteiger charge is 2.40. The van der Waals surface area contributed by atoms with Crippen LogP contribution in [-0.4, -0.2) is 26.7 Å². The average Bonchev–Trinajstić information content (AvgIpc) is 2.60. The number of ether oxygens (including phenoxy) is 1.